The van der Waals surface area contributed by atoms with Crippen LogP contribution >= 0.6 is 45.3 Å². The zero-order valence-electron chi connectivity index (χ0n) is 73.6. The number of thiazole rings is 4. The van der Waals surface area contributed by atoms with Crippen LogP contribution in [0.2, 0.25) is 0 Å². The molecule has 41 heteroatoms. The first-order valence-corrected chi connectivity index (χ1v) is 46.3. The summed E-state index contributed by atoms with van der Waals surface area (Å²) >= 11 is 5.61. The highest BCUT2D eigenvalue weighted by Crippen LogP contribution is 2.37. The van der Waals surface area contributed by atoms with Crippen molar-refractivity contribution in [3.8, 4) is 93.8 Å². The number of aromatic nitrogens is 16. The molecule has 16 heterocycles. The molecule has 0 unspecified atom stereocenters. The summed E-state index contributed by atoms with van der Waals surface area (Å²) in [5.74, 6) is 2.47. The van der Waals surface area contributed by atoms with Crippen LogP contribution in [0.3, 0.4) is 0 Å². The van der Waals surface area contributed by atoms with Gasteiger partial charge in [-0.1, -0.05) is 18.2 Å². The van der Waals surface area contributed by atoms with Crippen LogP contribution in [0, 0.1) is 0 Å². The standard InChI is InChI=1S/C24H25N7O3S.3C23H23N7O2S/c1-33-21-4-3-17(11-22(21)34-2)31-14-16(12-27-31)24-29-19(15-35-24)23(32)28-18-13-26-6-5-20(18)30-9-7-25-8-10-30;1-32-18-4-2-17(3-5-18)30-14-16(12-26-30)23-28-20(15-33-23)22(31)27-19-13-25-7-6-21(19)29-10-8-24-9-11-29;1-32-18-4-2-3-17(11-18)30-14-16(12-26-30)23-28-20(15-33-23)22(31)27-19-13-25-6-5-21(19)29-9-7-24-8-10-29;1-32-21-5-3-2-4-20(21)30-14-16(12-26-30)23-28-18(15-33-23)22(31)27-17-13-25-7-6-19(17)29-10-8-24-9-11-29/h3-6,11-15,25H,7-10H2,1-2H3,(H,28,32);2-7,12-15,24H,8-11H2,1H3,(H,27,31);2-6,11-15,24H,7-10H2,1H3,(H,27,31);2-7,12-15,24H,8-11H2,1H3,(H,27,31). The molecule has 4 saturated heterocycles. The third kappa shape index (κ3) is 22.0. The first kappa shape index (κ1) is 90.7. The largest absolute Gasteiger partial charge is 0.497 e. The fourth-order valence-electron chi connectivity index (χ4n) is 15.0. The summed E-state index contributed by atoms with van der Waals surface area (Å²) in [6, 6.07) is 36.2. The number of pyridine rings is 4. The van der Waals surface area contributed by atoms with E-state index >= 15 is 0 Å². The maximum atomic E-state index is 13.0. The summed E-state index contributed by atoms with van der Waals surface area (Å²) in [4.78, 5) is 95.7. The molecule has 134 heavy (non-hydrogen) atoms. The molecule has 0 spiro atoms. The number of hydrogen-bond acceptors (Lipinski definition) is 33. The van der Waals surface area contributed by atoms with E-state index in [1.165, 1.54) is 45.3 Å². The van der Waals surface area contributed by atoms with Crippen molar-refractivity contribution in [3.05, 3.63) is 259 Å². The minimum Gasteiger partial charge on any atom is -0.497 e. The lowest BCUT2D eigenvalue weighted by Crippen LogP contribution is -2.43. The molecule has 0 radical (unpaired) electrons. The number of rotatable bonds is 25. The highest BCUT2D eigenvalue weighted by Gasteiger charge is 2.26. The van der Waals surface area contributed by atoms with E-state index in [0.717, 1.165) is 205 Å². The van der Waals surface area contributed by atoms with E-state index in [9.17, 15) is 19.2 Å². The molecular weight excluding hydrogens is 1780 g/mol. The van der Waals surface area contributed by atoms with Gasteiger partial charge in [0.15, 0.2) is 11.5 Å². The summed E-state index contributed by atoms with van der Waals surface area (Å²) in [5.41, 5.74) is 14.8. The van der Waals surface area contributed by atoms with Crippen molar-refractivity contribution in [1.82, 2.24) is 100 Å². The molecule has 12 aromatic heterocycles. The van der Waals surface area contributed by atoms with Gasteiger partial charge in [0.05, 0.1) is 148 Å². The third-order valence-corrected chi connectivity index (χ3v) is 25.5. The molecule has 37 nitrogen and oxygen atoms in total. The third-order valence-electron chi connectivity index (χ3n) is 21.9. The maximum Gasteiger partial charge on any atom is 0.275 e. The summed E-state index contributed by atoms with van der Waals surface area (Å²) in [6.45, 7) is 14.3. The van der Waals surface area contributed by atoms with Crippen molar-refractivity contribution in [2.24, 2.45) is 0 Å². The lowest BCUT2D eigenvalue weighted by molar-refractivity contribution is 0.101. The summed E-state index contributed by atoms with van der Waals surface area (Å²) in [5, 5.41) is 52.9. The Bertz CT molecular complexity index is 6680. The predicted octanol–water partition coefficient (Wildman–Crippen LogP) is 12.3. The zero-order chi connectivity index (χ0) is 92.1. The van der Waals surface area contributed by atoms with Crippen LogP contribution in [0.4, 0.5) is 45.5 Å². The van der Waals surface area contributed by atoms with Gasteiger partial charge in [-0.2, -0.15) is 20.4 Å². The first-order chi connectivity index (χ1) is 65.8. The lowest BCUT2D eigenvalue weighted by Gasteiger charge is -2.30. The number of nitrogens with zero attached hydrogens (tertiary/aromatic N) is 20. The van der Waals surface area contributed by atoms with Gasteiger partial charge in [0, 0.05) is 210 Å². The quantitative estimate of drug-likeness (QED) is 0.0263. The first-order valence-electron chi connectivity index (χ1n) is 42.8. The number of methoxy groups -OCH3 is 5. The minimum absolute atomic E-state index is 0.260. The Morgan fingerprint density at radius 1 is 0.306 bits per heavy atom. The Morgan fingerprint density at radius 3 is 0.993 bits per heavy atom. The van der Waals surface area contributed by atoms with Gasteiger partial charge in [-0.05, 0) is 84.9 Å². The van der Waals surface area contributed by atoms with Gasteiger partial charge in [0.2, 0.25) is 0 Å². The molecule has 4 aliphatic rings. The Balaban J connectivity index is 0.000000124. The van der Waals surface area contributed by atoms with Crippen LogP contribution in [0.1, 0.15) is 42.0 Å². The van der Waals surface area contributed by atoms with Gasteiger partial charge in [-0.3, -0.25) is 39.1 Å². The number of benzene rings is 4. The van der Waals surface area contributed by atoms with Crippen molar-refractivity contribution < 1.29 is 42.9 Å². The molecule has 0 saturated carbocycles. The van der Waals surface area contributed by atoms with Gasteiger partial charge in [0.1, 0.15) is 65.7 Å². The molecule has 4 fully saturated rings. The zero-order valence-corrected chi connectivity index (χ0v) is 76.8. The lowest BCUT2D eigenvalue weighted by atomic mass is 10.2. The number of hydrogen-bond donors (Lipinski definition) is 8. The molecule has 0 atom stereocenters. The van der Waals surface area contributed by atoms with Crippen LogP contribution in [0.25, 0.3) is 65.0 Å². The number of carbonyl (C=O) groups is 4. The minimum atomic E-state index is -0.274. The molecular formula is C93H94N28O9S4. The second-order valence-electron chi connectivity index (χ2n) is 30.3. The predicted molar refractivity (Wildman–Crippen MR) is 521 cm³/mol. The SMILES string of the molecule is COc1ccc(-n2cc(-c3nc(C(=O)Nc4cnccc4N4CCNCC4)cs3)cn2)cc1.COc1ccc(-n2cc(-c3nc(C(=O)Nc4cnccc4N4CCNCC4)cs3)cn2)cc1OC.COc1cccc(-n2cc(-c3nc(C(=O)Nc4cnccc4N4CCNCC4)cs3)cn2)c1.COc1ccccc1-n1cc(-c2nc(C(=O)Nc3cnccc3N3CCNCC3)cs2)cn1. The van der Waals surface area contributed by atoms with Crippen LogP contribution in [-0.4, -0.2) is 243 Å². The highest BCUT2D eigenvalue weighted by atomic mass is 32.1. The highest BCUT2D eigenvalue weighted by molar-refractivity contribution is 7.14. The van der Waals surface area contributed by atoms with Crippen molar-refractivity contribution in [2.75, 3.05) is 181 Å². The number of amides is 4. The maximum absolute atomic E-state index is 13.0. The van der Waals surface area contributed by atoms with Gasteiger partial charge in [0.25, 0.3) is 23.6 Å². The van der Waals surface area contributed by atoms with Gasteiger partial charge in [-0.25, -0.2) is 38.7 Å². The van der Waals surface area contributed by atoms with E-state index in [4.69, 9.17) is 23.7 Å². The molecule has 8 N–H and O–H groups in total. The molecule has 684 valence electrons. The summed E-state index contributed by atoms with van der Waals surface area (Å²) in [6.07, 6.45) is 28.2. The van der Waals surface area contributed by atoms with Crippen molar-refractivity contribution >= 4 is 114 Å². The van der Waals surface area contributed by atoms with Crippen LogP contribution < -0.4 is 85.8 Å². The Hall–Kier alpha value is -15.2. The van der Waals surface area contributed by atoms with Gasteiger partial charge >= 0.3 is 0 Å². The molecule has 16 aromatic rings. The van der Waals surface area contributed by atoms with E-state index in [-0.39, 0.29) is 23.6 Å². The number of anilines is 8. The van der Waals surface area contributed by atoms with Gasteiger partial charge < -0.3 is 85.8 Å². The molecule has 4 aromatic carbocycles. The summed E-state index contributed by atoms with van der Waals surface area (Å²) < 4.78 is 33.6. The Morgan fingerprint density at radius 2 is 0.634 bits per heavy atom. The second kappa shape index (κ2) is 43.7. The van der Waals surface area contributed by atoms with E-state index < -0.39 is 0 Å². The van der Waals surface area contributed by atoms with E-state index in [0.29, 0.717) is 62.0 Å². The topological polar surface area (TPSA) is 398 Å². The molecule has 0 bridgehead atoms. The number of carbonyl (C=O) groups excluding carboxylic acids is 4. The van der Waals surface area contributed by atoms with Crippen LogP contribution in [0.15, 0.2) is 236 Å². The number of piperazine rings is 4. The normalized spacial score (nSPS) is 13.6. The summed E-state index contributed by atoms with van der Waals surface area (Å²) in [7, 11) is 8.09. The van der Waals surface area contributed by atoms with E-state index in [2.05, 4.69) is 122 Å². The van der Waals surface area contributed by atoms with E-state index in [1.807, 2.05) is 140 Å². The monoisotopic (exact) mass is 1870 g/mol. The van der Waals surface area contributed by atoms with Crippen molar-refractivity contribution in [2.45, 2.75) is 0 Å². The van der Waals surface area contributed by atoms with Crippen LogP contribution in [0.5, 0.6) is 28.7 Å². The molecule has 4 amide bonds. The molecule has 20 rings (SSSR count). The molecule has 0 aliphatic carbocycles. The fraction of sp³-hybridized carbons (Fsp3) is 0.226. The second-order valence-corrected chi connectivity index (χ2v) is 33.7. The average molecular weight is 1880 g/mol. The van der Waals surface area contributed by atoms with Gasteiger partial charge in [-0.15, -0.1) is 45.3 Å². The Labute approximate surface area is 786 Å². The van der Waals surface area contributed by atoms with Crippen molar-refractivity contribution in [3.63, 3.8) is 0 Å². The fourth-order valence-corrected chi connectivity index (χ4v) is 18.1. The van der Waals surface area contributed by atoms with Crippen LogP contribution in [-0.2, 0) is 0 Å². The van der Waals surface area contributed by atoms with E-state index in [1.54, 1.807) is 150 Å². The van der Waals surface area contributed by atoms with Crippen molar-refractivity contribution in [1.29, 1.82) is 0 Å². The number of ether oxygens (including phenoxy) is 5. The average Bonchev–Trinajstić information content (AvgIpc) is 1.69. The number of nitrogens with one attached hydrogen (secondary N) is 8. The smallest absolute Gasteiger partial charge is 0.275 e. The Kier molecular flexibility index (Phi) is 29.5. The number of para-hydroxylation sites is 2. The molecule has 4 aliphatic heterocycles.